The van der Waals surface area contributed by atoms with Gasteiger partial charge in [-0.15, -0.1) is 0 Å². The molecule has 4 heteroatoms. The van der Waals surface area contributed by atoms with Crippen molar-refractivity contribution >= 4 is 34.1 Å². The van der Waals surface area contributed by atoms with Gasteiger partial charge in [0, 0.05) is 33.2 Å². The van der Waals surface area contributed by atoms with Gasteiger partial charge in [-0.25, -0.2) is 0 Å². The Hall–Kier alpha value is -1.48. The molecular weight excluding hydrogens is 303 g/mol. The summed E-state index contributed by atoms with van der Waals surface area (Å²) in [5.74, 6) is 0. The summed E-state index contributed by atoms with van der Waals surface area (Å²) in [4.78, 5) is 3.55. The molecule has 0 radical (unpaired) electrons. The molecule has 1 aliphatic heterocycles. The summed E-state index contributed by atoms with van der Waals surface area (Å²) in [6.07, 6.45) is 1.03. The van der Waals surface area contributed by atoms with E-state index in [0.717, 1.165) is 18.5 Å². The number of halogens is 2. The van der Waals surface area contributed by atoms with E-state index in [1.807, 2.05) is 12.1 Å². The van der Waals surface area contributed by atoms with Gasteiger partial charge in [-0.3, -0.25) is 0 Å². The van der Waals surface area contributed by atoms with E-state index < -0.39 is 0 Å². The Bertz CT molecular complexity index is 823. The van der Waals surface area contributed by atoms with Crippen LogP contribution in [0.25, 0.3) is 10.9 Å². The molecule has 0 saturated carbocycles. The molecule has 21 heavy (non-hydrogen) atoms. The van der Waals surface area contributed by atoms with E-state index in [0.29, 0.717) is 10.0 Å². The number of para-hydroxylation sites is 1. The van der Waals surface area contributed by atoms with Crippen molar-refractivity contribution < 1.29 is 0 Å². The van der Waals surface area contributed by atoms with E-state index in [4.69, 9.17) is 23.2 Å². The number of aromatic amines is 1. The maximum absolute atomic E-state index is 6.39. The summed E-state index contributed by atoms with van der Waals surface area (Å²) in [7, 11) is 0. The first-order valence-corrected chi connectivity index (χ1v) is 7.77. The van der Waals surface area contributed by atoms with Crippen LogP contribution in [0.5, 0.6) is 0 Å². The predicted molar refractivity (Wildman–Crippen MR) is 88.3 cm³/mol. The summed E-state index contributed by atoms with van der Waals surface area (Å²) in [5, 5.41) is 6.23. The topological polar surface area (TPSA) is 27.8 Å². The molecule has 0 saturated heterocycles. The van der Waals surface area contributed by atoms with Gasteiger partial charge in [-0.05, 0) is 35.7 Å². The van der Waals surface area contributed by atoms with Gasteiger partial charge < -0.3 is 10.3 Å². The van der Waals surface area contributed by atoms with Crippen LogP contribution in [0.2, 0.25) is 10.0 Å². The van der Waals surface area contributed by atoms with E-state index in [1.54, 1.807) is 6.07 Å². The van der Waals surface area contributed by atoms with Crippen LogP contribution in [0.1, 0.15) is 22.9 Å². The Kier molecular flexibility index (Phi) is 3.18. The first-order chi connectivity index (χ1) is 10.2. The minimum atomic E-state index is 0.0888. The first kappa shape index (κ1) is 13.2. The van der Waals surface area contributed by atoms with E-state index in [-0.39, 0.29) is 6.04 Å². The second-order valence-corrected chi connectivity index (χ2v) is 6.21. The molecule has 2 N–H and O–H groups in total. The number of rotatable bonds is 1. The molecule has 1 atom stereocenters. The number of aromatic nitrogens is 1. The Morgan fingerprint density at radius 3 is 2.76 bits per heavy atom. The van der Waals surface area contributed by atoms with Gasteiger partial charge in [0.2, 0.25) is 0 Å². The highest BCUT2D eigenvalue weighted by molar-refractivity contribution is 6.35. The largest absolute Gasteiger partial charge is 0.357 e. The van der Waals surface area contributed by atoms with Gasteiger partial charge in [-0.2, -0.15) is 0 Å². The average molecular weight is 317 g/mol. The number of hydrogen-bond donors (Lipinski definition) is 2. The predicted octanol–water partition coefficient (Wildman–Crippen LogP) is 4.71. The Labute approximate surface area is 133 Å². The second kappa shape index (κ2) is 5.06. The lowest BCUT2D eigenvalue weighted by Crippen LogP contribution is -2.30. The van der Waals surface area contributed by atoms with Crippen molar-refractivity contribution in [2.75, 3.05) is 6.54 Å². The molecule has 3 aromatic rings. The van der Waals surface area contributed by atoms with Crippen LogP contribution >= 0.6 is 23.2 Å². The first-order valence-electron chi connectivity index (χ1n) is 7.02. The zero-order chi connectivity index (χ0) is 14.4. The molecule has 0 amide bonds. The van der Waals surface area contributed by atoms with Crippen molar-refractivity contribution in [2.24, 2.45) is 0 Å². The third kappa shape index (κ3) is 2.15. The van der Waals surface area contributed by atoms with Crippen LogP contribution in [0.15, 0.2) is 42.5 Å². The van der Waals surface area contributed by atoms with E-state index in [2.05, 4.69) is 34.6 Å². The minimum absolute atomic E-state index is 0.0888. The molecule has 0 unspecified atom stereocenters. The molecular formula is C17H14Cl2N2. The molecule has 1 aliphatic rings. The number of nitrogens with one attached hydrogen (secondary N) is 2. The highest BCUT2D eigenvalue weighted by Gasteiger charge is 2.26. The van der Waals surface area contributed by atoms with Crippen molar-refractivity contribution in [3.8, 4) is 0 Å². The van der Waals surface area contributed by atoms with Gasteiger partial charge in [-0.1, -0.05) is 47.5 Å². The monoisotopic (exact) mass is 316 g/mol. The summed E-state index contributed by atoms with van der Waals surface area (Å²) in [6.45, 7) is 0.943. The molecule has 106 valence electrons. The van der Waals surface area contributed by atoms with Gasteiger partial charge in [0.25, 0.3) is 0 Å². The molecule has 0 spiro atoms. The maximum Gasteiger partial charge on any atom is 0.0746 e. The lowest BCUT2D eigenvalue weighted by atomic mass is 9.94. The second-order valence-electron chi connectivity index (χ2n) is 5.37. The molecule has 2 aromatic carbocycles. The molecule has 1 aromatic heterocycles. The average Bonchev–Trinajstić information content (AvgIpc) is 2.86. The molecule has 2 nitrogen and oxygen atoms in total. The molecule has 0 aliphatic carbocycles. The third-order valence-corrected chi connectivity index (χ3v) is 4.69. The van der Waals surface area contributed by atoms with Crippen LogP contribution in [0.3, 0.4) is 0 Å². The van der Waals surface area contributed by atoms with Crippen LogP contribution in [-0.2, 0) is 6.42 Å². The van der Waals surface area contributed by atoms with Crippen LogP contribution in [0.4, 0.5) is 0 Å². The van der Waals surface area contributed by atoms with Crippen molar-refractivity contribution in [2.45, 2.75) is 12.5 Å². The smallest absolute Gasteiger partial charge is 0.0746 e. The van der Waals surface area contributed by atoms with Gasteiger partial charge in [0.05, 0.1) is 6.04 Å². The van der Waals surface area contributed by atoms with E-state index >= 15 is 0 Å². The number of benzene rings is 2. The third-order valence-electron chi connectivity index (χ3n) is 4.13. The Balaban J connectivity index is 1.90. The van der Waals surface area contributed by atoms with Gasteiger partial charge in [0.1, 0.15) is 0 Å². The Morgan fingerprint density at radius 1 is 1.05 bits per heavy atom. The standard InChI is InChI=1S/C17H14Cl2N2/c18-10-5-6-13(14(19)9-10)16-17-12(7-8-20-16)11-3-1-2-4-15(11)21-17/h1-6,9,16,20-21H,7-8H2/t16-/m1/s1. The summed E-state index contributed by atoms with van der Waals surface area (Å²) in [6, 6.07) is 14.2. The zero-order valence-corrected chi connectivity index (χ0v) is 12.8. The maximum atomic E-state index is 6.39. The van der Waals surface area contributed by atoms with Crippen LogP contribution in [-0.4, -0.2) is 11.5 Å². The van der Waals surface area contributed by atoms with Crippen molar-refractivity contribution in [3.63, 3.8) is 0 Å². The van der Waals surface area contributed by atoms with Crippen molar-refractivity contribution in [1.29, 1.82) is 0 Å². The highest BCUT2D eigenvalue weighted by Crippen LogP contribution is 2.36. The summed E-state index contributed by atoms with van der Waals surface area (Å²) >= 11 is 12.4. The molecule has 0 fully saturated rings. The Morgan fingerprint density at radius 2 is 1.90 bits per heavy atom. The molecule has 2 heterocycles. The zero-order valence-electron chi connectivity index (χ0n) is 11.3. The van der Waals surface area contributed by atoms with Crippen LogP contribution in [0, 0.1) is 0 Å². The lowest BCUT2D eigenvalue weighted by Gasteiger charge is -2.25. The summed E-state index contributed by atoms with van der Waals surface area (Å²) < 4.78 is 0. The summed E-state index contributed by atoms with van der Waals surface area (Å²) in [5.41, 5.74) is 4.85. The lowest BCUT2D eigenvalue weighted by molar-refractivity contribution is 0.560. The fourth-order valence-corrected chi connectivity index (χ4v) is 3.70. The van der Waals surface area contributed by atoms with Gasteiger partial charge in [0.15, 0.2) is 0 Å². The minimum Gasteiger partial charge on any atom is -0.357 e. The highest BCUT2D eigenvalue weighted by atomic mass is 35.5. The quantitative estimate of drug-likeness (QED) is 0.668. The van der Waals surface area contributed by atoms with E-state index in [1.165, 1.54) is 22.2 Å². The fourth-order valence-electron chi connectivity index (χ4n) is 3.18. The van der Waals surface area contributed by atoms with Gasteiger partial charge >= 0.3 is 0 Å². The normalized spacial score (nSPS) is 17.9. The van der Waals surface area contributed by atoms with Crippen molar-refractivity contribution in [3.05, 3.63) is 69.3 Å². The SMILES string of the molecule is Clc1ccc([C@H]2NCCc3c2[nH]c2ccccc32)c(Cl)c1. The van der Waals surface area contributed by atoms with E-state index in [9.17, 15) is 0 Å². The van der Waals surface area contributed by atoms with Crippen molar-refractivity contribution in [1.82, 2.24) is 10.3 Å². The molecule has 4 rings (SSSR count). The number of hydrogen-bond acceptors (Lipinski definition) is 1. The fraction of sp³-hybridized carbons (Fsp3) is 0.176. The number of H-pyrrole nitrogens is 1. The number of fused-ring (bicyclic) bond motifs is 3. The van der Waals surface area contributed by atoms with Crippen LogP contribution < -0.4 is 5.32 Å². The molecule has 0 bridgehead atoms.